The van der Waals surface area contributed by atoms with Gasteiger partial charge in [-0.05, 0) is 23.6 Å². The van der Waals surface area contributed by atoms with E-state index in [1.807, 2.05) is 25.2 Å². The molecule has 0 radical (unpaired) electrons. The second-order valence-corrected chi connectivity index (χ2v) is 6.09. The third-order valence-corrected chi connectivity index (χ3v) is 4.01. The van der Waals surface area contributed by atoms with Gasteiger partial charge in [0.25, 0.3) is 0 Å². The molecule has 1 fully saturated rings. The first-order valence-corrected chi connectivity index (χ1v) is 7.98. The van der Waals surface area contributed by atoms with Crippen molar-refractivity contribution in [2.24, 2.45) is 0 Å². The van der Waals surface area contributed by atoms with E-state index in [1.165, 1.54) is 5.56 Å². The van der Waals surface area contributed by atoms with Crippen LogP contribution in [0.2, 0.25) is 0 Å². The van der Waals surface area contributed by atoms with Gasteiger partial charge in [0.15, 0.2) is 0 Å². The number of nitrogens with one attached hydrogen (secondary N) is 1. The Bertz CT molecular complexity index is 485. The number of hydrogen-bond donors (Lipinski definition) is 1. The lowest BCUT2D eigenvalue weighted by molar-refractivity contribution is 0.0359. The molecule has 1 heterocycles. The van der Waals surface area contributed by atoms with Gasteiger partial charge in [-0.25, -0.2) is 4.79 Å². The largest absolute Gasteiger partial charge is 0.379 e. The monoisotopic (exact) mass is 305 g/mol. The van der Waals surface area contributed by atoms with Crippen LogP contribution in [0.3, 0.4) is 0 Å². The average Bonchev–Trinajstić information content (AvgIpc) is 2.53. The van der Waals surface area contributed by atoms with E-state index in [2.05, 4.69) is 30.1 Å². The molecule has 2 amide bonds. The normalized spacial score (nSPS) is 15.8. The van der Waals surface area contributed by atoms with E-state index >= 15 is 0 Å². The molecule has 1 aromatic carbocycles. The summed E-state index contributed by atoms with van der Waals surface area (Å²) in [5.41, 5.74) is 2.09. The fraction of sp³-hybridized carbons (Fsp3) is 0.588. The van der Waals surface area contributed by atoms with Crippen molar-refractivity contribution in [3.8, 4) is 0 Å². The maximum Gasteiger partial charge on any atom is 0.321 e. The first-order valence-electron chi connectivity index (χ1n) is 7.98. The number of likely N-dealkylation sites (N-methyl/N-ethyl adjacent to an activating group) is 1. The number of rotatable bonds is 5. The summed E-state index contributed by atoms with van der Waals surface area (Å²) >= 11 is 0. The van der Waals surface area contributed by atoms with Crippen LogP contribution in [0.1, 0.15) is 25.3 Å². The Morgan fingerprint density at radius 2 is 2.09 bits per heavy atom. The van der Waals surface area contributed by atoms with Crippen molar-refractivity contribution in [3.05, 3.63) is 29.8 Å². The van der Waals surface area contributed by atoms with E-state index in [1.54, 1.807) is 4.90 Å². The molecule has 5 heteroatoms. The van der Waals surface area contributed by atoms with Crippen molar-refractivity contribution >= 4 is 11.7 Å². The van der Waals surface area contributed by atoms with Gasteiger partial charge in [0, 0.05) is 38.9 Å². The molecule has 22 heavy (non-hydrogen) atoms. The smallest absolute Gasteiger partial charge is 0.321 e. The van der Waals surface area contributed by atoms with Crippen molar-refractivity contribution < 1.29 is 9.53 Å². The highest BCUT2D eigenvalue weighted by Crippen LogP contribution is 2.18. The van der Waals surface area contributed by atoms with Crippen molar-refractivity contribution in [2.75, 3.05) is 51.8 Å². The number of anilines is 1. The first kappa shape index (κ1) is 16.8. The molecular weight excluding hydrogens is 278 g/mol. The molecule has 0 spiro atoms. The molecule has 2 rings (SSSR count). The van der Waals surface area contributed by atoms with Gasteiger partial charge in [-0.15, -0.1) is 0 Å². The minimum absolute atomic E-state index is 0.0610. The second kappa shape index (κ2) is 8.15. The number of amides is 2. The molecule has 0 saturated carbocycles. The van der Waals surface area contributed by atoms with E-state index in [4.69, 9.17) is 4.74 Å². The van der Waals surface area contributed by atoms with Crippen molar-refractivity contribution in [1.29, 1.82) is 0 Å². The predicted octanol–water partition coefficient (Wildman–Crippen LogP) is 2.61. The Morgan fingerprint density at radius 3 is 2.77 bits per heavy atom. The number of ether oxygens (including phenoxy) is 1. The molecule has 0 aliphatic carbocycles. The van der Waals surface area contributed by atoms with Gasteiger partial charge < -0.3 is 15.0 Å². The Labute approximate surface area is 133 Å². The van der Waals surface area contributed by atoms with E-state index in [9.17, 15) is 4.79 Å². The van der Waals surface area contributed by atoms with Crippen LogP contribution >= 0.6 is 0 Å². The number of morpholine rings is 1. The van der Waals surface area contributed by atoms with Crippen LogP contribution < -0.4 is 5.32 Å². The molecule has 5 nitrogen and oxygen atoms in total. The lowest BCUT2D eigenvalue weighted by Crippen LogP contribution is -2.42. The van der Waals surface area contributed by atoms with E-state index < -0.39 is 0 Å². The molecule has 122 valence electrons. The maximum absolute atomic E-state index is 12.2. The van der Waals surface area contributed by atoms with Gasteiger partial charge in [-0.1, -0.05) is 26.0 Å². The minimum atomic E-state index is -0.0610. The number of benzene rings is 1. The number of carbonyl (C=O) groups is 1. The van der Waals surface area contributed by atoms with Crippen molar-refractivity contribution in [1.82, 2.24) is 9.80 Å². The summed E-state index contributed by atoms with van der Waals surface area (Å²) in [6.45, 7) is 9.38. The first-order chi connectivity index (χ1) is 10.6. The van der Waals surface area contributed by atoms with Gasteiger partial charge in [0.1, 0.15) is 0 Å². The second-order valence-electron chi connectivity index (χ2n) is 6.09. The molecule has 1 aliphatic heterocycles. The van der Waals surface area contributed by atoms with Crippen molar-refractivity contribution in [3.63, 3.8) is 0 Å². The number of urea groups is 1. The van der Waals surface area contributed by atoms with Crippen LogP contribution in [0.15, 0.2) is 24.3 Å². The van der Waals surface area contributed by atoms with Gasteiger partial charge >= 0.3 is 6.03 Å². The fourth-order valence-corrected chi connectivity index (χ4v) is 2.41. The summed E-state index contributed by atoms with van der Waals surface area (Å²) in [5, 5.41) is 2.97. The summed E-state index contributed by atoms with van der Waals surface area (Å²) < 4.78 is 5.33. The third kappa shape index (κ3) is 5.00. The topological polar surface area (TPSA) is 44.8 Å². The highest BCUT2D eigenvalue weighted by molar-refractivity contribution is 5.89. The molecule has 1 aliphatic rings. The van der Waals surface area contributed by atoms with Gasteiger partial charge in [-0.3, -0.25) is 4.90 Å². The zero-order valence-electron chi connectivity index (χ0n) is 13.8. The molecule has 0 aromatic heterocycles. The fourth-order valence-electron chi connectivity index (χ4n) is 2.41. The maximum atomic E-state index is 12.2. The van der Waals surface area contributed by atoms with Crippen molar-refractivity contribution in [2.45, 2.75) is 19.8 Å². The SMILES string of the molecule is CC(C)c1cccc(NC(=O)N(C)CCN2CCOCC2)c1. The number of hydrogen-bond acceptors (Lipinski definition) is 3. The standard InChI is InChI=1S/C17H27N3O2/c1-14(2)15-5-4-6-16(13-15)18-17(21)19(3)7-8-20-9-11-22-12-10-20/h4-6,13-14H,7-12H2,1-3H3,(H,18,21). The molecule has 1 aromatic rings. The quantitative estimate of drug-likeness (QED) is 0.909. The van der Waals surface area contributed by atoms with Crippen LogP contribution in [0.5, 0.6) is 0 Å². The summed E-state index contributed by atoms with van der Waals surface area (Å²) in [5.74, 6) is 0.455. The number of nitrogens with zero attached hydrogens (tertiary/aromatic N) is 2. The Balaban J connectivity index is 1.81. The van der Waals surface area contributed by atoms with Crippen LogP contribution in [-0.2, 0) is 4.74 Å². The highest BCUT2D eigenvalue weighted by Gasteiger charge is 2.14. The van der Waals surface area contributed by atoms with Crippen LogP contribution in [0, 0.1) is 0 Å². The number of carbonyl (C=O) groups excluding carboxylic acids is 1. The Morgan fingerprint density at radius 1 is 1.36 bits per heavy atom. The Hall–Kier alpha value is -1.59. The highest BCUT2D eigenvalue weighted by atomic mass is 16.5. The molecular formula is C17H27N3O2. The van der Waals surface area contributed by atoms with Gasteiger partial charge in [0.05, 0.1) is 13.2 Å². The lowest BCUT2D eigenvalue weighted by Gasteiger charge is -2.28. The minimum Gasteiger partial charge on any atom is -0.379 e. The molecule has 0 bridgehead atoms. The summed E-state index contributed by atoms with van der Waals surface area (Å²) in [6.07, 6.45) is 0. The molecule has 1 N–H and O–H groups in total. The van der Waals surface area contributed by atoms with Gasteiger partial charge in [-0.2, -0.15) is 0 Å². The average molecular weight is 305 g/mol. The molecule has 0 unspecified atom stereocenters. The lowest BCUT2D eigenvalue weighted by atomic mass is 10.0. The van der Waals surface area contributed by atoms with E-state index in [0.717, 1.165) is 45.1 Å². The molecule has 0 atom stereocenters. The van der Waals surface area contributed by atoms with Crippen LogP contribution in [0.25, 0.3) is 0 Å². The zero-order chi connectivity index (χ0) is 15.9. The van der Waals surface area contributed by atoms with E-state index in [0.29, 0.717) is 5.92 Å². The summed E-state index contributed by atoms with van der Waals surface area (Å²) in [7, 11) is 1.84. The van der Waals surface area contributed by atoms with E-state index in [-0.39, 0.29) is 6.03 Å². The Kier molecular flexibility index (Phi) is 6.21. The van der Waals surface area contributed by atoms with Crippen LogP contribution in [-0.4, -0.2) is 62.3 Å². The predicted molar refractivity (Wildman–Crippen MR) is 89.4 cm³/mol. The zero-order valence-corrected chi connectivity index (χ0v) is 13.8. The summed E-state index contributed by atoms with van der Waals surface area (Å²) in [4.78, 5) is 16.3. The third-order valence-electron chi connectivity index (χ3n) is 4.01. The van der Waals surface area contributed by atoms with Gasteiger partial charge in [0.2, 0.25) is 0 Å². The molecule has 1 saturated heterocycles. The summed E-state index contributed by atoms with van der Waals surface area (Å²) in [6, 6.07) is 7.98. The van der Waals surface area contributed by atoms with Crippen LogP contribution in [0.4, 0.5) is 10.5 Å².